The highest BCUT2D eigenvalue weighted by atomic mass is 16.5. The van der Waals surface area contributed by atoms with Gasteiger partial charge in [-0.25, -0.2) is 0 Å². The van der Waals surface area contributed by atoms with Crippen LogP contribution in [0.2, 0.25) is 0 Å². The summed E-state index contributed by atoms with van der Waals surface area (Å²) < 4.78 is 15.7. The number of aromatic nitrogens is 1. The zero-order chi connectivity index (χ0) is 17.1. The molecule has 24 heavy (non-hydrogen) atoms. The first kappa shape index (κ1) is 16.5. The molecule has 1 fully saturated rings. The molecule has 0 radical (unpaired) electrons. The number of hydrogen-bond acceptors (Lipinski definition) is 6. The number of aliphatic hydroxyl groups excluding tert-OH is 1. The molecule has 7 nitrogen and oxygen atoms in total. The maximum Gasteiger partial charge on any atom is 0.293 e. The summed E-state index contributed by atoms with van der Waals surface area (Å²) in [6, 6.07) is 7.20. The van der Waals surface area contributed by atoms with Gasteiger partial charge in [0.1, 0.15) is 11.4 Å². The molecule has 0 bridgehead atoms. The number of morpholine rings is 1. The lowest BCUT2D eigenvalue weighted by Crippen LogP contribution is -2.40. The summed E-state index contributed by atoms with van der Waals surface area (Å²) in [6.07, 6.45) is -0.881. The molecular weight excluding hydrogens is 312 g/mol. The van der Waals surface area contributed by atoms with Crippen LogP contribution in [0.15, 0.2) is 28.8 Å². The lowest BCUT2D eigenvalue weighted by molar-refractivity contribution is 0.0273. The number of nitrogens with zero attached hydrogens (tertiary/aromatic N) is 2. The van der Waals surface area contributed by atoms with Crippen LogP contribution >= 0.6 is 0 Å². The number of ether oxygens (including phenoxy) is 2. The normalized spacial score (nSPS) is 16.0. The van der Waals surface area contributed by atoms with E-state index >= 15 is 0 Å². The quantitative estimate of drug-likeness (QED) is 0.920. The topological polar surface area (TPSA) is 85.0 Å². The van der Waals surface area contributed by atoms with Crippen molar-refractivity contribution in [2.24, 2.45) is 0 Å². The number of amides is 1. The molecule has 0 saturated carbocycles. The van der Waals surface area contributed by atoms with Crippen LogP contribution in [0.4, 0.5) is 0 Å². The average Bonchev–Trinajstić information content (AvgIpc) is 3.07. The minimum absolute atomic E-state index is 0.0812. The molecule has 0 spiro atoms. The summed E-state index contributed by atoms with van der Waals surface area (Å²) in [5.41, 5.74) is 1.61. The fourth-order valence-corrected chi connectivity index (χ4v) is 2.71. The molecular formula is C17H20N2O5. The van der Waals surface area contributed by atoms with Crippen molar-refractivity contribution in [3.8, 4) is 17.0 Å². The highest BCUT2D eigenvalue weighted by molar-refractivity contribution is 5.94. The predicted octanol–water partition coefficient (Wildman–Crippen LogP) is 1.88. The maximum absolute atomic E-state index is 12.7. The molecule has 0 aliphatic carbocycles. The van der Waals surface area contributed by atoms with E-state index in [9.17, 15) is 9.90 Å². The Morgan fingerprint density at radius 1 is 1.29 bits per heavy atom. The molecule has 1 aliphatic rings. The first-order valence-corrected chi connectivity index (χ1v) is 7.81. The monoisotopic (exact) mass is 332 g/mol. The van der Waals surface area contributed by atoms with Crippen molar-refractivity contribution in [1.29, 1.82) is 0 Å². The maximum atomic E-state index is 12.7. The van der Waals surface area contributed by atoms with Crippen LogP contribution in [-0.2, 0) is 4.74 Å². The first-order valence-electron chi connectivity index (χ1n) is 7.81. The largest absolute Gasteiger partial charge is 0.497 e. The van der Waals surface area contributed by atoms with E-state index in [1.807, 2.05) is 12.1 Å². The van der Waals surface area contributed by atoms with Crippen LogP contribution in [0.1, 0.15) is 29.1 Å². The summed E-state index contributed by atoms with van der Waals surface area (Å²) in [5, 5.41) is 14.2. The van der Waals surface area contributed by atoms with Gasteiger partial charge in [0.05, 0.1) is 32.0 Å². The van der Waals surface area contributed by atoms with Crippen LogP contribution in [0.25, 0.3) is 11.3 Å². The Balaban J connectivity index is 1.96. The molecule has 1 aliphatic heterocycles. The molecule has 2 aromatic rings. The molecule has 1 aromatic heterocycles. The van der Waals surface area contributed by atoms with Crippen molar-refractivity contribution in [2.75, 3.05) is 33.4 Å². The first-order chi connectivity index (χ1) is 11.6. The van der Waals surface area contributed by atoms with Gasteiger partial charge in [0.25, 0.3) is 5.91 Å². The number of rotatable bonds is 4. The van der Waals surface area contributed by atoms with E-state index < -0.39 is 6.10 Å². The van der Waals surface area contributed by atoms with Gasteiger partial charge in [-0.3, -0.25) is 4.79 Å². The molecule has 1 saturated heterocycles. The number of carbonyl (C=O) groups is 1. The van der Waals surface area contributed by atoms with Gasteiger partial charge in [-0.1, -0.05) is 5.16 Å². The van der Waals surface area contributed by atoms with Crippen LogP contribution in [0.3, 0.4) is 0 Å². The van der Waals surface area contributed by atoms with Crippen molar-refractivity contribution < 1.29 is 23.9 Å². The van der Waals surface area contributed by atoms with E-state index in [1.165, 1.54) is 0 Å². The second kappa shape index (κ2) is 7.02. The van der Waals surface area contributed by atoms with Gasteiger partial charge >= 0.3 is 0 Å². The van der Waals surface area contributed by atoms with E-state index in [2.05, 4.69) is 5.16 Å². The molecule has 3 rings (SSSR count). The van der Waals surface area contributed by atoms with Gasteiger partial charge in [0, 0.05) is 18.7 Å². The van der Waals surface area contributed by atoms with Crippen LogP contribution in [0, 0.1) is 0 Å². The average molecular weight is 332 g/mol. The smallest absolute Gasteiger partial charge is 0.293 e. The highest BCUT2D eigenvalue weighted by Crippen LogP contribution is 2.32. The van der Waals surface area contributed by atoms with E-state index in [4.69, 9.17) is 14.0 Å². The summed E-state index contributed by atoms with van der Waals surface area (Å²) >= 11 is 0. The summed E-state index contributed by atoms with van der Waals surface area (Å²) in [4.78, 5) is 14.3. The second-order valence-corrected chi connectivity index (χ2v) is 5.58. The predicted molar refractivity (Wildman–Crippen MR) is 85.8 cm³/mol. The van der Waals surface area contributed by atoms with E-state index in [-0.39, 0.29) is 11.7 Å². The Bertz CT molecular complexity index is 702. The van der Waals surface area contributed by atoms with E-state index in [0.717, 1.165) is 5.56 Å². The fraction of sp³-hybridized carbons (Fsp3) is 0.412. The lowest BCUT2D eigenvalue weighted by Gasteiger charge is -2.26. The molecule has 1 amide bonds. The highest BCUT2D eigenvalue weighted by Gasteiger charge is 2.30. The Hall–Kier alpha value is -2.38. The molecule has 2 heterocycles. The lowest BCUT2D eigenvalue weighted by atomic mass is 10.0. The number of carbonyl (C=O) groups excluding carboxylic acids is 1. The third-order valence-electron chi connectivity index (χ3n) is 4.00. The van der Waals surface area contributed by atoms with Gasteiger partial charge in [-0.05, 0) is 31.2 Å². The summed E-state index contributed by atoms with van der Waals surface area (Å²) in [6.45, 7) is 3.58. The molecule has 1 N–H and O–H groups in total. The second-order valence-electron chi connectivity index (χ2n) is 5.58. The molecule has 1 aromatic carbocycles. The zero-order valence-electron chi connectivity index (χ0n) is 13.7. The van der Waals surface area contributed by atoms with Crippen LogP contribution < -0.4 is 4.74 Å². The van der Waals surface area contributed by atoms with Crippen molar-refractivity contribution in [3.63, 3.8) is 0 Å². The van der Waals surface area contributed by atoms with E-state index in [1.54, 1.807) is 31.1 Å². The fourth-order valence-electron chi connectivity index (χ4n) is 2.71. The van der Waals surface area contributed by atoms with E-state index in [0.29, 0.717) is 43.3 Å². The van der Waals surface area contributed by atoms with Crippen LogP contribution in [0.5, 0.6) is 5.75 Å². The van der Waals surface area contributed by atoms with Gasteiger partial charge in [0.15, 0.2) is 0 Å². The Morgan fingerprint density at radius 2 is 1.96 bits per heavy atom. The number of methoxy groups -OCH3 is 1. The van der Waals surface area contributed by atoms with Crippen molar-refractivity contribution >= 4 is 5.91 Å². The molecule has 0 unspecified atom stereocenters. The van der Waals surface area contributed by atoms with Gasteiger partial charge < -0.3 is 24.0 Å². The van der Waals surface area contributed by atoms with Crippen molar-refractivity contribution in [1.82, 2.24) is 10.1 Å². The summed E-state index contributed by atoms with van der Waals surface area (Å²) in [5.74, 6) is 0.518. The molecule has 7 heteroatoms. The Morgan fingerprint density at radius 3 is 2.54 bits per heavy atom. The molecule has 1 atom stereocenters. The third-order valence-corrected chi connectivity index (χ3v) is 4.00. The standard InChI is InChI=1S/C17H20N2O5/c1-11(20)14-15(12-3-5-13(22-2)6-4-12)18-24-16(14)17(21)19-7-9-23-10-8-19/h3-6,11,20H,7-10H2,1-2H3/t11-/m0/s1. The van der Waals surface area contributed by atoms with Gasteiger partial charge in [-0.2, -0.15) is 0 Å². The van der Waals surface area contributed by atoms with Crippen molar-refractivity contribution in [2.45, 2.75) is 13.0 Å². The third kappa shape index (κ3) is 3.13. The number of aliphatic hydroxyl groups is 1. The number of benzene rings is 1. The molecule has 128 valence electrons. The van der Waals surface area contributed by atoms with Gasteiger partial charge in [-0.15, -0.1) is 0 Å². The SMILES string of the molecule is COc1ccc(-c2noc(C(=O)N3CCOCC3)c2[C@H](C)O)cc1. The minimum atomic E-state index is -0.881. The minimum Gasteiger partial charge on any atom is -0.497 e. The zero-order valence-corrected chi connectivity index (χ0v) is 13.7. The van der Waals surface area contributed by atoms with Crippen molar-refractivity contribution in [3.05, 3.63) is 35.6 Å². The van der Waals surface area contributed by atoms with Crippen LogP contribution in [-0.4, -0.2) is 54.5 Å². The Kier molecular flexibility index (Phi) is 4.82. The number of hydrogen-bond donors (Lipinski definition) is 1. The Labute approximate surface area is 139 Å². The van der Waals surface area contributed by atoms with Gasteiger partial charge in [0.2, 0.25) is 5.76 Å². The summed E-state index contributed by atoms with van der Waals surface area (Å²) in [7, 11) is 1.59.